The van der Waals surface area contributed by atoms with E-state index in [1.54, 1.807) is 7.11 Å². The lowest BCUT2D eigenvalue weighted by atomic mass is 10.0. The molecule has 1 aromatic rings. The van der Waals surface area contributed by atoms with Crippen LogP contribution in [-0.4, -0.2) is 21.8 Å². The number of hydrogen-bond acceptors (Lipinski definition) is 3. The summed E-state index contributed by atoms with van der Waals surface area (Å²) in [6, 6.07) is 5.95. The average Bonchev–Trinajstić information content (AvgIpc) is 2.84. The van der Waals surface area contributed by atoms with E-state index in [4.69, 9.17) is 10.5 Å². The quantitative estimate of drug-likeness (QED) is 0.932. The SMILES string of the molecule is COc1ccc2c(c1)C(N)C(S(=O)C1CCCCC1)C2. The third kappa shape index (κ3) is 2.51. The number of methoxy groups -OCH3 is 1. The fourth-order valence-electron chi connectivity index (χ4n) is 3.51. The molecule has 1 aromatic carbocycles. The fraction of sp³-hybridized carbons (Fsp3) is 0.625. The van der Waals surface area contributed by atoms with Gasteiger partial charge in [-0.3, -0.25) is 4.21 Å². The highest BCUT2D eigenvalue weighted by atomic mass is 32.2. The standard InChI is InChI=1S/C16H23NO2S/c1-19-12-8-7-11-9-15(16(17)14(11)10-12)20(18)13-5-3-2-4-6-13/h7-8,10,13,15-16H,2-6,9,17H2,1H3. The Morgan fingerprint density at radius 2 is 2.00 bits per heavy atom. The van der Waals surface area contributed by atoms with Crippen LogP contribution in [0.5, 0.6) is 5.75 Å². The van der Waals surface area contributed by atoms with E-state index < -0.39 is 10.8 Å². The molecule has 2 aliphatic carbocycles. The minimum Gasteiger partial charge on any atom is -0.497 e. The number of nitrogens with two attached hydrogens (primary N) is 1. The van der Waals surface area contributed by atoms with Gasteiger partial charge in [0.1, 0.15) is 5.75 Å². The summed E-state index contributed by atoms with van der Waals surface area (Å²) in [6.45, 7) is 0. The first-order valence-corrected chi connectivity index (χ1v) is 8.80. The molecule has 0 radical (unpaired) electrons. The summed E-state index contributed by atoms with van der Waals surface area (Å²) in [5, 5.41) is 0.441. The summed E-state index contributed by atoms with van der Waals surface area (Å²) >= 11 is 0. The van der Waals surface area contributed by atoms with Crippen LogP contribution >= 0.6 is 0 Å². The summed E-state index contributed by atoms with van der Waals surface area (Å²) < 4.78 is 18.1. The molecule has 20 heavy (non-hydrogen) atoms. The molecule has 3 nitrogen and oxygen atoms in total. The lowest BCUT2D eigenvalue weighted by Crippen LogP contribution is -2.33. The summed E-state index contributed by atoms with van der Waals surface area (Å²) in [7, 11) is 0.854. The average molecular weight is 293 g/mol. The molecule has 3 unspecified atom stereocenters. The molecular weight excluding hydrogens is 270 g/mol. The van der Waals surface area contributed by atoms with E-state index >= 15 is 0 Å². The summed E-state index contributed by atoms with van der Waals surface area (Å²) in [4.78, 5) is 0. The number of fused-ring (bicyclic) bond motifs is 1. The molecule has 3 rings (SSSR count). The Kier molecular flexibility index (Phi) is 4.13. The minimum absolute atomic E-state index is 0.0835. The molecule has 4 heteroatoms. The van der Waals surface area contributed by atoms with Gasteiger partial charge in [0.25, 0.3) is 0 Å². The maximum Gasteiger partial charge on any atom is 0.119 e. The van der Waals surface area contributed by atoms with Crippen LogP contribution in [0, 0.1) is 0 Å². The summed E-state index contributed by atoms with van der Waals surface area (Å²) in [5.74, 6) is 0.836. The summed E-state index contributed by atoms with van der Waals surface area (Å²) in [6.07, 6.45) is 6.80. The molecule has 0 spiro atoms. The van der Waals surface area contributed by atoms with Crippen molar-refractivity contribution in [3.63, 3.8) is 0 Å². The van der Waals surface area contributed by atoms with Crippen LogP contribution in [0.15, 0.2) is 18.2 Å². The second-order valence-corrected chi connectivity index (χ2v) is 7.85. The van der Waals surface area contributed by atoms with Crippen molar-refractivity contribution >= 4 is 10.8 Å². The maximum absolute atomic E-state index is 12.8. The number of hydrogen-bond donors (Lipinski definition) is 1. The van der Waals surface area contributed by atoms with E-state index in [0.717, 1.165) is 30.6 Å². The van der Waals surface area contributed by atoms with Crippen LogP contribution in [0.1, 0.15) is 49.3 Å². The summed E-state index contributed by atoms with van der Waals surface area (Å²) in [5.41, 5.74) is 8.74. The minimum atomic E-state index is -0.813. The van der Waals surface area contributed by atoms with Crippen molar-refractivity contribution in [1.29, 1.82) is 0 Å². The van der Waals surface area contributed by atoms with Gasteiger partial charge < -0.3 is 10.5 Å². The van der Waals surface area contributed by atoms with Gasteiger partial charge in [-0.2, -0.15) is 0 Å². The Balaban J connectivity index is 1.78. The first-order valence-electron chi connectivity index (χ1n) is 7.52. The highest BCUT2D eigenvalue weighted by molar-refractivity contribution is 7.86. The molecule has 3 atom stereocenters. The molecule has 0 aromatic heterocycles. The zero-order valence-electron chi connectivity index (χ0n) is 12.0. The van der Waals surface area contributed by atoms with E-state index in [1.165, 1.54) is 24.8 Å². The molecule has 110 valence electrons. The number of rotatable bonds is 3. The largest absolute Gasteiger partial charge is 0.497 e. The van der Waals surface area contributed by atoms with Gasteiger partial charge in [-0.15, -0.1) is 0 Å². The molecule has 0 saturated heterocycles. The van der Waals surface area contributed by atoms with Gasteiger partial charge in [-0.05, 0) is 42.5 Å². The van der Waals surface area contributed by atoms with Gasteiger partial charge in [-0.25, -0.2) is 0 Å². The molecule has 0 heterocycles. The Morgan fingerprint density at radius 3 is 2.70 bits per heavy atom. The molecule has 0 bridgehead atoms. The third-order valence-electron chi connectivity index (χ3n) is 4.71. The first-order chi connectivity index (χ1) is 9.70. The zero-order valence-corrected chi connectivity index (χ0v) is 12.8. The van der Waals surface area contributed by atoms with Crippen molar-refractivity contribution < 1.29 is 8.95 Å². The topological polar surface area (TPSA) is 52.3 Å². The Morgan fingerprint density at radius 1 is 1.25 bits per heavy atom. The van der Waals surface area contributed by atoms with Crippen LogP contribution in [0.3, 0.4) is 0 Å². The van der Waals surface area contributed by atoms with Crippen molar-refractivity contribution in [1.82, 2.24) is 0 Å². The predicted octanol–water partition coefficient (Wildman–Crippen LogP) is 2.70. The van der Waals surface area contributed by atoms with E-state index in [0.29, 0.717) is 5.25 Å². The normalized spacial score (nSPS) is 28.1. The van der Waals surface area contributed by atoms with E-state index in [1.807, 2.05) is 12.1 Å². The van der Waals surface area contributed by atoms with Crippen molar-refractivity contribution in [3.05, 3.63) is 29.3 Å². The molecule has 0 amide bonds. The third-order valence-corrected chi connectivity index (χ3v) is 6.90. The van der Waals surface area contributed by atoms with Crippen molar-refractivity contribution in [2.24, 2.45) is 5.73 Å². The van der Waals surface area contributed by atoms with Crippen molar-refractivity contribution in [2.75, 3.05) is 7.11 Å². The van der Waals surface area contributed by atoms with Crippen LogP contribution in [-0.2, 0) is 17.2 Å². The Hall–Kier alpha value is -0.870. The van der Waals surface area contributed by atoms with Gasteiger partial charge in [0.05, 0.1) is 12.4 Å². The van der Waals surface area contributed by atoms with Crippen molar-refractivity contribution in [2.45, 2.75) is 55.1 Å². The molecule has 1 fully saturated rings. The molecular formula is C16H23NO2S. The highest BCUT2D eigenvalue weighted by Crippen LogP contribution is 2.37. The maximum atomic E-state index is 12.8. The van der Waals surface area contributed by atoms with Gasteiger partial charge in [0.2, 0.25) is 0 Å². The second-order valence-electron chi connectivity index (χ2n) is 5.92. The predicted molar refractivity (Wildman–Crippen MR) is 82.4 cm³/mol. The Labute approximate surface area is 123 Å². The first kappa shape index (κ1) is 14.1. The molecule has 0 aliphatic heterocycles. The smallest absolute Gasteiger partial charge is 0.119 e. The molecule has 2 N–H and O–H groups in total. The molecule has 1 saturated carbocycles. The van der Waals surface area contributed by atoms with Crippen LogP contribution in [0.2, 0.25) is 0 Å². The number of benzene rings is 1. The lowest BCUT2D eigenvalue weighted by Gasteiger charge is -2.26. The van der Waals surface area contributed by atoms with Crippen LogP contribution < -0.4 is 10.5 Å². The zero-order chi connectivity index (χ0) is 14.1. The Bertz CT molecular complexity index is 511. The van der Waals surface area contributed by atoms with Crippen LogP contribution in [0.25, 0.3) is 0 Å². The van der Waals surface area contributed by atoms with Crippen LogP contribution in [0.4, 0.5) is 0 Å². The van der Waals surface area contributed by atoms with E-state index in [-0.39, 0.29) is 11.3 Å². The lowest BCUT2D eigenvalue weighted by molar-refractivity contribution is 0.414. The van der Waals surface area contributed by atoms with Gasteiger partial charge >= 0.3 is 0 Å². The number of ether oxygens (including phenoxy) is 1. The van der Waals surface area contributed by atoms with Gasteiger partial charge in [0.15, 0.2) is 0 Å². The van der Waals surface area contributed by atoms with Gasteiger partial charge in [0, 0.05) is 22.1 Å². The highest BCUT2D eigenvalue weighted by Gasteiger charge is 2.37. The molecule has 2 aliphatic rings. The van der Waals surface area contributed by atoms with Gasteiger partial charge in [-0.1, -0.05) is 25.3 Å². The van der Waals surface area contributed by atoms with E-state index in [9.17, 15) is 4.21 Å². The fourth-order valence-corrected chi connectivity index (χ4v) is 5.58. The van der Waals surface area contributed by atoms with Crippen molar-refractivity contribution in [3.8, 4) is 5.75 Å². The van der Waals surface area contributed by atoms with E-state index in [2.05, 4.69) is 6.07 Å². The monoisotopic (exact) mass is 293 g/mol. The second kappa shape index (κ2) is 5.86.